The van der Waals surface area contributed by atoms with Gasteiger partial charge in [0, 0.05) is 9.90 Å². The maximum absolute atomic E-state index is 6.23. The van der Waals surface area contributed by atoms with Crippen LogP contribution in [0.4, 0.5) is 0 Å². The van der Waals surface area contributed by atoms with Gasteiger partial charge in [0.2, 0.25) is 0 Å². The van der Waals surface area contributed by atoms with Gasteiger partial charge in [0.25, 0.3) is 0 Å². The molecule has 1 unspecified atom stereocenters. The summed E-state index contributed by atoms with van der Waals surface area (Å²) >= 11 is 7.95. The first-order valence-electron chi connectivity index (χ1n) is 5.49. The minimum Gasteiger partial charge on any atom is -0.307 e. The van der Waals surface area contributed by atoms with Crippen LogP contribution in [0.25, 0.3) is 0 Å². The fraction of sp³-hybridized carbons (Fsp3) is 0.308. The number of hydrogen-bond acceptors (Lipinski definition) is 3. The molecule has 2 aromatic rings. The van der Waals surface area contributed by atoms with Crippen molar-refractivity contribution in [3.8, 4) is 0 Å². The molecule has 1 aromatic carbocycles. The topological polar surface area (TPSA) is 24.9 Å². The minimum atomic E-state index is 0.0705. The zero-order valence-electron chi connectivity index (χ0n) is 10.1. The predicted molar refractivity (Wildman–Crippen MR) is 73.9 cm³/mol. The molecule has 2 rings (SSSR count). The van der Waals surface area contributed by atoms with Gasteiger partial charge in [0.15, 0.2) is 0 Å². The fourth-order valence-corrected chi connectivity index (χ4v) is 3.04. The standard InChI is InChI=1S/C13H15ClN2S/c1-8-9(2)17-13(16-8)12(15-3)10-6-4-5-7-11(10)14/h4-7,12,15H,1-3H3. The quantitative estimate of drug-likeness (QED) is 0.916. The molecule has 1 N–H and O–H groups in total. The van der Waals surface area contributed by atoms with Crippen molar-refractivity contribution in [3.63, 3.8) is 0 Å². The maximum Gasteiger partial charge on any atom is 0.115 e. The van der Waals surface area contributed by atoms with Crippen LogP contribution in [0.2, 0.25) is 5.02 Å². The van der Waals surface area contributed by atoms with E-state index < -0.39 is 0 Å². The summed E-state index contributed by atoms with van der Waals surface area (Å²) in [6.07, 6.45) is 0. The molecular weight excluding hydrogens is 252 g/mol. The molecule has 1 heterocycles. The van der Waals surface area contributed by atoms with E-state index in [-0.39, 0.29) is 6.04 Å². The molecule has 90 valence electrons. The Labute approximate surface area is 111 Å². The molecule has 17 heavy (non-hydrogen) atoms. The largest absolute Gasteiger partial charge is 0.307 e. The molecular formula is C13H15ClN2S. The number of halogens is 1. The van der Waals surface area contributed by atoms with Gasteiger partial charge in [0.05, 0.1) is 11.7 Å². The molecule has 0 aliphatic rings. The van der Waals surface area contributed by atoms with E-state index in [0.717, 1.165) is 21.3 Å². The van der Waals surface area contributed by atoms with Crippen LogP contribution < -0.4 is 5.32 Å². The van der Waals surface area contributed by atoms with Crippen molar-refractivity contribution >= 4 is 22.9 Å². The van der Waals surface area contributed by atoms with Gasteiger partial charge in [-0.05, 0) is 32.5 Å². The van der Waals surface area contributed by atoms with E-state index in [1.807, 2.05) is 38.2 Å². The molecule has 1 atom stereocenters. The Bertz CT molecular complexity index is 502. The molecule has 0 amide bonds. The third kappa shape index (κ3) is 2.51. The summed E-state index contributed by atoms with van der Waals surface area (Å²) < 4.78 is 0. The van der Waals surface area contributed by atoms with E-state index in [4.69, 9.17) is 11.6 Å². The second-order valence-corrected chi connectivity index (χ2v) is 5.58. The van der Waals surface area contributed by atoms with E-state index >= 15 is 0 Å². The van der Waals surface area contributed by atoms with Crippen molar-refractivity contribution in [3.05, 3.63) is 50.4 Å². The number of aryl methyl sites for hydroxylation is 2. The first-order chi connectivity index (χ1) is 8.13. The zero-order chi connectivity index (χ0) is 12.4. The second-order valence-electron chi connectivity index (χ2n) is 3.94. The average molecular weight is 267 g/mol. The van der Waals surface area contributed by atoms with Crippen molar-refractivity contribution in [1.29, 1.82) is 0 Å². The number of aromatic nitrogens is 1. The van der Waals surface area contributed by atoms with E-state index in [2.05, 4.69) is 17.2 Å². The summed E-state index contributed by atoms with van der Waals surface area (Å²) in [6.45, 7) is 4.13. The Morgan fingerprint density at radius 3 is 2.53 bits per heavy atom. The third-order valence-corrected chi connectivity index (χ3v) is 4.28. The molecule has 0 spiro atoms. The van der Waals surface area contributed by atoms with Crippen molar-refractivity contribution < 1.29 is 0 Å². The molecule has 1 aromatic heterocycles. The lowest BCUT2D eigenvalue weighted by Crippen LogP contribution is -2.17. The zero-order valence-corrected chi connectivity index (χ0v) is 11.7. The Morgan fingerprint density at radius 2 is 2.00 bits per heavy atom. The summed E-state index contributed by atoms with van der Waals surface area (Å²) in [5.74, 6) is 0. The van der Waals surface area contributed by atoms with Crippen LogP contribution >= 0.6 is 22.9 Å². The molecule has 0 radical (unpaired) electrons. The summed E-state index contributed by atoms with van der Waals surface area (Å²) in [5.41, 5.74) is 2.17. The minimum absolute atomic E-state index is 0.0705. The van der Waals surface area contributed by atoms with Gasteiger partial charge in [-0.2, -0.15) is 0 Å². The van der Waals surface area contributed by atoms with Gasteiger partial charge in [-0.3, -0.25) is 0 Å². The molecule has 0 saturated carbocycles. The lowest BCUT2D eigenvalue weighted by molar-refractivity contribution is 0.685. The summed E-state index contributed by atoms with van der Waals surface area (Å²) in [7, 11) is 1.93. The van der Waals surface area contributed by atoms with Gasteiger partial charge in [-0.1, -0.05) is 29.8 Å². The van der Waals surface area contributed by atoms with Crippen molar-refractivity contribution in [1.82, 2.24) is 10.3 Å². The lowest BCUT2D eigenvalue weighted by atomic mass is 10.1. The third-order valence-electron chi connectivity index (χ3n) is 2.80. The van der Waals surface area contributed by atoms with Crippen molar-refractivity contribution in [2.75, 3.05) is 7.05 Å². The van der Waals surface area contributed by atoms with Gasteiger partial charge in [-0.15, -0.1) is 11.3 Å². The lowest BCUT2D eigenvalue weighted by Gasteiger charge is -2.15. The number of hydrogen-bond donors (Lipinski definition) is 1. The second kappa shape index (κ2) is 5.17. The number of nitrogens with zero attached hydrogens (tertiary/aromatic N) is 1. The van der Waals surface area contributed by atoms with Gasteiger partial charge in [0.1, 0.15) is 5.01 Å². The Morgan fingerprint density at radius 1 is 1.29 bits per heavy atom. The SMILES string of the molecule is CNC(c1nc(C)c(C)s1)c1ccccc1Cl. The van der Waals surface area contributed by atoms with Crippen LogP contribution in [0.1, 0.15) is 27.2 Å². The van der Waals surface area contributed by atoms with Crippen molar-refractivity contribution in [2.45, 2.75) is 19.9 Å². The van der Waals surface area contributed by atoms with Crippen LogP contribution in [0.3, 0.4) is 0 Å². The molecule has 0 aliphatic heterocycles. The first-order valence-corrected chi connectivity index (χ1v) is 6.68. The highest BCUT2D eigenvalue weighted by Gasteiger charge is 2.18. The number of nitrogens with one attached hydrogen (secondary N) is 1. The fourth-order valence-electron chi connectivity index (χ4n) is 1.74. The maximum atomic E-state index is 6.23. The van der Waals surface area contributed by atoms with Crippen molar-refractivity contribution in [2.24, 2.45) is 0 Å². The van der Waals surface area contributed by atoms with Crippen LogP contribution in [-0.4, -0.2) is 12.0 Å². The summed E-state index contributed by atoms with van der Waals surface area (Å²) in [4.78, 5) is 5.85. The molecule has 0 aliphatic carbocycles. The molecule has 2 nitrogen and oxygen atoms in total. The molecule has 0 bridgehead atoms. The Hall–Kier alpha value is -0.900. The number of benzene rings is 1. The van der Waals surface area contributed by atoms with Gasteiger partial charge in [-0.25, -0.2) is 4.98 Å². The monoisotopic (exact) mass is 266 g/mol. The van der Waals surface area contributed by atoms with E-state index in [9.17, 15) is 0 Å². The van der Waals surface area contributed by atoms with Crippen LogP contribution in [0, 0.1) is 13.8 Å². The molecule has 0 fully saturated rings. The first kappa shape index (κ1) is 12.6. The average Bonchev–Trinajstić information content (AvgIpc) is 2.63. The Kier molecular flexibility index (Phi) is 3.82. The van der Waals surface area contributed by atoms with Crippen LogP contribution in [0.15, 0.2) is 24.3 Å². The van der Waals surface area contributed by atoms with E-state index in [0.29, 0.717) is 0 Å². The van der Waals surface area contributed by atoms with E-state index in [1.54, 1.807) is 11.3 Å². The highest BCUT2D eigenvalue weighted by Crippen LogP contribution is 2.31. The van der Waals surface area contributed by atoms with Gasteiger partial charge >= 0.3 is 0 Å². The van der Waals surface area contributed by atoms with Gasteiger partial charge < -0.3 is 5.32 Å². The smallest absolute Gasteiger partial charge is 0.115 e. The van der Waals surface area contributed by atoms with E-state index in [1.165, 1.54) is 4.88 Å². The van der Waals surface area contributed by atoms with Crippen LogP contribution in [-0.2, 0) is 0 Å². The normalized spacial score (nSPS) is 12.7. The predicted octanol–water partition coefficient (Wildman–Crippen LogP) is 3.72. The molecule has 0 saturated heterocycles. The Balaban J connectivity index is 2.44. The number of rotatable bonds is 3. The highest BCUT2D eigenvalue weighted by molar-refractivity contribution is 7.11. The highest BCUT2D eigenvalue weighted by atomic mass is 35.5. The van der Waals surface area contributed by atoms with Crippen LogP contribution in [0.5, 0.6) is 0 Å². The molecule has 4 heteroatoms. The summed E-state index contributed by atoms with van der Waals surface area (Å²) in [5, 5.41) is 5.12. The summed E-state index contributed by atoms with van der Waals surface area (Å²) in [6, 6.07) is 7.96. The number of thiazole rings is 1.